The number of aromatic nitrogens is 3. The second kappa shape index (κ2) is 8.26. The van der Waals surface area contributed by atoms with Crippen LogP contribution in [0.5, 0.6) is 5.75 Å². The number of para-hydroxylation sites is 2. The van der Waals surface area contributed by atoms with E-state index < -0.39 is 11.6 Å². The molecule has 1 N–H and O–H groups in total. The van der Waals surface area contributed by atoms with Crippen molar-refractivity contribution in [3.05, 3.63) is 60.3 Å². The highest BCUT2D eigenvalue weighted by molar-refractivity contribution is 5.60. The zero-order valence-electron chi connectivity index (χ0n) is 15.8. The molecule has 0 amide bonds. The van der Waals surface area contributed by atoms with Gasteiger partial charge in [-0.15, -0.1) is 5.10 Å². The van der Waals surface area contributed by atoms with Gasteiger partial charge in [0, 0.05) is 32.2 Å². The van der Waals surface area contributed by atoms with Crippen LogP contribution in [0.3, 0.4) is 0 Å². The fraction of sp³-hybridized carbons (Fsp3) is 0.250. The number of ether oxygens (including phenoxy) is 1. The highest BCUT2D eigenvalue weighted by atomic mass is 19.1. The highest BCUT2D eigenvalue weighted by Gasteiger charge is 2.21. The van der Waals surface area contributed by atoms with Gasteiger partial charge in [0.2, 0.25) is 5.95 Å². The Bertz CT molecular complexity index is 994. The van der Waals surface area contributed by atoms with E-state index in [9.17, 15) is 8.78 Å². The Hall–Kier alpha value is -3.49. The lowest BCUT2D eigenvalue weighted by Crippen LogP contribution is -2.47. The van der Waals surface area contributed by atoms with Gasteiger partial charge in [0.15, 0.2) is 5.82 Å². The number of rotatable bonds is 5. The Morgan fingerprint density at radius 3 is 2.52 bits per heavy atom. The van der Waals surface area contributed by atoms with Gasteiger partial charge < -0.3 is 19.9 Å². The van der Waals surface area contributed by atoms with Crippen LogP contribution in [0, 0.1) is 11.6 Å². The first-order chi connectivity index (χ1) is 14.1. The Balaban J connectivity index is 1.44. The first-order valence-corrected chi connectivity index (χ1v) is 9.19. The molecule has 9 heteroatoms. The summed E-state index contributed by atoms with van der Waals surface area (Å²) in [6, 6.07) is 11.2. The van der Waals surface area contributed by atoms with E-state index in [1.807, 2.05) is 24.3 Å². The SMILES string of the molecule is COc1ccccc1N1CCN(c2cnnc(Nc3ccc(F)cc3F)n2)CC1. The fourth-order valence-corrected chi connectivity index (χ4v) is 3.28. The number of piperazine rings is 1. The molecule has 0 unspecified atom stereocenters. The maximum atomic E-state index is 13.9. The predicted octanol–water partition coefficient (Wildman–Crippen LogP) is 3.23. The molecule has 1 saturated heterocycles. The summed E-state index contributed by atoms with van der Waals surface area (Å²) in [7, 11) is 1.67. The van der Waals surface area contributed by atoms with Crippen LogP contribution in [0.2, 0.25) is 0 Å². The van der Waals surface area contributed by atoms with Crippen LogP contribution in [-0.4, -0.2) is 48.5 Å². The van der Waals surface area contributed by atoms with Gasteiger partial charge >= 0.3 is 0 Å². The summed E-state index contributed by atoms with van der Waals surface area (Å²) in [4.78, 5) is 8.78. The molecular formula is C20H20F2N6O. The number of halogens is 2. The Morgan fingerprint density at radius 2 is 1.76 bits per heavy atom. The molecule has 29 heavy (non-hydrogen) atoms. The van der Waals surface area contributed by atoms with Crippen molar-refractivity contribution >= 4 is 23.1 Å². The quantitative estimate of drug-likeness (QED) is 0.708. The summed E-state index contributed by atoms with van der Waals surface area (Å²) in [6.45, 7) is 3.06. The van der Waals surface area contributed by atoms with Crippen LogP contribution >= 0.6 is 0 Å². The van der Waals surface area contributed by atoms with E-state index in [4.69, 9.17) is 4.74 Å². The van der Waals surface area contributed by atoms with E-state index >= 15 is 0 Å². The molecule has 1 aromatic heterocycles. The van der Waals surface area contributed by atoms with E-state index in [2.05, 4.69) is 30.3 Å². The molecule has 1 aliphatic rings. The summed E-state index contributed by atoms with van der Waals surface area (Å²) in [5, 5.41) is 10.6. The number of hydrogen-bond donors (Lipinski definition) is 1. The molecule has 0 bridgehead atoms. The van der Waals surface area contributed by atoms with Gasteiger partial charge in [-0.1, -0.05) is 12.1 Å². The zero-order valence-corrected chi connectivity index (χ0v) is 15.8. The lowest BCUT2D eigenvalue weighted by molar-refractivity contribution is 0.413. The molecule has 150 valence electrons. The van der Waals surface area contributed by atoms with Crippen molar-refractivity contribution in [2.75, 3.05) is 48.4 Å². The van der Waals surface area contributed by atoms with Crippen molar-refractivity contribution in [1.82, 2.24) is 15.2 Å². The normalized spacial score (nSPS) is 14.0. The minimum absolute atomic E-state index is 0.0892. The van der Waals surface area contributed by atoms with Gasteiger partial charge in [-0.05, 0) is 24.3 Å². The second-order valence-corrected chi connectivity index (χ2v) is 6.53. The predicted molar refractivity (Wildman–Crippen MR) is 107 cm³/mol. The molecular weight excluding hydrogens is 378 g/mol. The van der Waals surface area contributed by atoms with Crippen LogP contribution in [-0.2, 0) is 0 Å². The zero-order chi connectivity index (χ0) is 20.2. The Labute approximate surface area is 167 Å². The maximum Gasteiger partial charge on any atom is 0.249 e. The van der Waals surface area contributed by atoms with E-state index in [-0.39, 0.29) is 11.6 Å². The number of nitrogens with one attached hydrogen (secondary N) is 1. The van der Waals surface area contributed by atoms with E-state index in [1.54, 1.807) is 13.3 Å². The average Bonchev–Trinajstić information content (AvgIpc) is 2.76. The van der Waals surface area contributed by atoms with E-state index in [1.165, 1.54) is 12.1 Å². The van der Waals surface area contributed by atoms with Gasteiger partial charge in [0.1, 0.15) is 17.4 Å². The second-order valence-electron chi connectivity index (χ2n) is 6.53. The lowest BCUT2D eigenvalue weighted by Gasteiger charge is -2.37. The van der Waals surface area contributed by atoms with Crippen LogP contribution in [0.25, 0.3) is 0 Å². The van der Waals surface area contributed by atoms with Gasteiger partial charge in [-0.25, -0.2) is 8.78 Å². The van der Waals surface area contributed by atoms with Crippen LogP contribution in [0.15, 0.2) is 48.7 Å². The summed E-state index contributed by atoms with van der Waals surface area (Å²) >= 11 is 0. The maximum absolute atomic E-state index is 13.9. The van der Waals surface area contributed by atoms with Crippen molar-refractivity contribution in [2.45, 2.75) is 0 Å². The summed E-state index contributed by atoms with van der Waals surface area (Å²) < 4.78 is 32.4. The number of methoxy groups -OCH3 is 1. The van der Waals surface area contributed by atoms with Gasteiger partial charge in [-0.2, -0.15) is 10.1 Å². The molecule has 2 aromatic carbocycles. The van der Waals surface area contributed by atoms with Crippen LogP contribution < -0.4 is 19.9 Å². The monoisotopic (exact) mass is 398 g/mol. The molecule has 2 heterocycles. The van der Waals surface area contributed by atoms with E-state index in [0.29, 0.717) is 5.82 Å². The topological polar surface area (TPSA) is 66.4 Å². The fourth-order valence-electron chi connectivity index (χ4n) is 3.28. The number of nitrogens with zero attached hydrogens (tertiary/aromatic N) is 5. The van der Waals surface area contributed by atoms with Crippen molar-refractivity contribution in [1.29, 1.82) is 0 Å². The molecule has 0 spiro atoms. The largest absolute Gasteiger partial charge is 0.495 e. The number of hydrogen-bond acceptors (Lipinski definition) is 7. The summed E-state index contributed by atoms with van der Waals surface area (Å²) in [5.74, 6) is 0.278. The first-order valence-electron chi connectivity index (χ1n) is 9.19. The van der Waals surface area contributed by atoms with Gasteiger partial charge in [0.05, 0.1) is 24.7 Å². The van der Waals surface area contributed by atoms with Crippen molar-refractivity contribution in [3.63, 3.8) is 0 Å². The third-order valence-corrected chi connectivity index (χ3v) is 4.75. The number of anilines is 4. The lowest BCUT2D eigenvalue weighted by atomic mass is 10.2. The smallest absolute Gasteiger partial charge is 0.249 e. The number of benzene rings is 2. The third-order valence-electron chi connectivity index (χ3n) is 4.75. The summed E-state index contributed by atoms with van der Waals surface area (Å²) in [6.07, 6.45) is 1.57. The first kappa shape index (κ1) is 18.9. The minimum Gasteiger partial charge on any atom is -0.495 e. The minimum atomic E-state index is -0.718. The van der Waals surface area contributed by atoms with Crippen LogP contribution in [0.4, 0.5) is 31.9 Å². The molecule has 1 aliphatic heterocycles. The molecule has 3 aromatic rings. The van der Waals surface area contributed by atoms with Crippen molar-refractivity contribution in [3.8, 4) is 5.75 Å². The standard InChI is InChI=1S/C20H20F2N6O/c1-29-18-5-3-2-4-17(18)27-8-10-28(11-9-27)19-13-23-26-20(25-19)24-16-7-6-14(21)12-15(16)22/h2-7,12-13H,8-11H2,1H3,(H,24,25,26). The molecule has 1 fully saturated rings. The Kier molecular flexibility index (Phi) is 5.37. The average molecular weight is 398 g/mol. The van der Waals surface area contributed by atoms with Crippen molar-refractivity contribution < 1.29 is 13.5 Å². The molecule has 0 radical (unpaired) electrons. The van der Waals surface area contributed by atoms with Gasteiger partial charge in [-0.3, -0.25) is 0 Å². The molecule has 7 nitrogen and oxygen atoms in total. The Morgan fingerprint density at radius 1 is 1.00 bits per heavy atom. The molecule has 0 saturated carbocycles. The van der Waals surface area contributed by atoms with E-state index in [0.717, 1.165) is 43.7 Å². The highest BCUT2D eigenvalue weighted by Crippen LogP contribution is 2.29. The molecule has 0 aliphatic carbocycles. The molecule has 4 rings (SSSR count). The molecule has 0 atom stereocenters. The van der Waals surface area contributed by atoms with Crippen LogP contribution in [0.1, 0.15) is 0 Å². The van der Waals surface area contributed by atoms with Gasteiger partial charge in [0.25, 0.3) is 0 Å². The van der Waals surface area contributed by atoms with Crippen molar-refractivity contribution in [2.24, 2.45) is 0 Å². The summed E-state index contributed by atoms with van der Waals surface area (Å²) in [5.41, 5.74) is 1.15. The third kappa shape index (κ3) is 4.18.